The Labute approximate surface area is 221 Å². The molecule has 1 heterocycles. The van der Waals surface area contributed by atoms with Gasteiger partial charge in [-0.2, -0.15) is 26.3 Å². The standard InChI is InChI=1S/C29H28F7NO2/c1-16(18-10-20(28(31,32)33)13-21(11-18)29(34,35)36)39-25-8-9-26-19(12-25)15-37(23-6-7-24(38)14-23)27(26)17-2-4-22(30)5-3-17/h2-5,10-11,13-14,16,19,25-27H,6-9,12,15H2,1H3/t16-,19+,25+,26+,27?/m1/s1. The molecule has 0 radical (unpaired) electrons. The van der Waals surface area contributed by atoms with Gasteiger partial charge in [0, 0.05) is 24.7 Å². The fraction of sp³-hybridized carbons (Fsp3) is 0.483. The number of ether oxygens (including phenoxy) is 1. The van der Waals surface area contributed by atoms with E-state index in [0.29, 0.717) is 32.2 Å². The van der Waals surface area contributed by atoms with E-state index in [4.69, 9.17) is 4.74 Å². The van der Waals surface area contributed by atoms with Crippen LogP contribution in [0.2, 0.25) is 0 Å². The van der Waals surface area contributed by atoms with Crippen LogP contribution in [0.1, 0.15) is 73.4 Å². The van der Waals surface area contributed by atoms with Crippen molar-refractivity contribution in [3.8, 4) is 0 Å². The molecule has 0 amide bonds. The Morgan fingerprint density at radius 1 is 0.923 bits per heavy atom. The van der Waals surface area contributed by atoms with Gasteiger partial charge in [-0.05, 0) is 85.9 Å². The Hall–Kier alpha value is -2.88. The number of allylic oxidation sites excluding steroid dienone is 2. The van der Waals surface area contributed by atoms with Crippen LogP contribution >= 0.6 is 0 Å². The topological polar surface area (TPSA) is 29.5 Å². The van der Waals surface area contributed by atoms with Crippen molar-refractivity contribution in [3.05, 3.63) is 82.3 Å². The summed E-state index contributed by atoms with van der Waals surface area (Å²) < 4.78 is 99.7. The molecule has 0 aromatic heterocycles. The molecule has 2 aromatic rings. The van der Waals surface area contributed by atoms with Crippen LogP contribution in [0.3, 0.4) is 0 Å². The highest BCUT2D eigenvalue weighted by Gasteiger charge is 2.47. The van der Waals surface area contributed by atoms with Crippen LogP contribution in [0.4, 0.5) is 30.7 Å². The van der Waals surface area contributed by atoms with E-state index < -0.39 is 29.6 Å². The summed E-state index contributed by atoms with van der Waals surface area (Å²) in [6.07, 6.45) is -6.56. The predicted octanol–water partition coefficient (Wildman–Crippen LogP) is 8.03. The lowest BCUT2D eigenvalue weighted by molar-refractivity contribution is -0.143. The minimum absolute atomic E-state index is 0.0519. The van der Waals surface area contributed by atoms with Crippen molar-refractivity contribution in [1.82, 2.24) is 4.90 Å². The van der Waals surface area contributed by atoms with Crippen molar-refractivity contribution in [2.45, 2.75) is 69.6 Å². The second-order valence-corrected chi connectivity index (χ2v) is 10.7. The first-order valence-electron chi connectivity index (χ1n) is 13.0. The number of likely N-dealkylation sites (tertiary alicyclic amines) is 1. The number of fused-ring (bicyclic) bond motifs is 1. The monoisotopic (exact) mass is 555 g/mol. The molecule has 5 atom stereocenters. The van der Waals surface area contributed by atoms with Crippen LogP contribution < -0.4 is 0 Å². The number of alkyl halides is 6. The van der Waals surface area contributed by atoms with Gasteiger partial charge in [-0.25, -0.2) is 4.39 Å². The third-order valence-corrected chi connectivity index (χ3v) is 8.18. The first kappa shape index (κ1) is 27.7. The van der Waals surface area contributed by atoms with Gasteiger partial charge >= 0.3 is 12.4 Å². The second kappa shape index (κ2) is 10.3. The van der Waals surface area contributed by atoms with Crippen LogP contribution in [0, 0.1) is 17.7 Å². The molecular formula is C29H28F7NO2. The van der Waals surface area contributed by atoms with Crippen LogP contribution in [-0.4, -0.2) is 23.3 Å². The van der Waals surface area contributed by atoms with Crippen LogP contribution in [-0.2, 0) is 21.9 Å². The number of carbonyl (C=O) groups is 1. The van der Waals surface area contributed by atoms with Gasteiger partial charge in [0.15, 0.2) is 5.78 Å². The van der Waals surface area contributed by atoms with Gasteiger partial charge in [-0.1, -0.05) is 12.1 Å². The lowest BCUT2D eigenvalue weighted by atomic mass is 9.75. The number of ketones is 1. The van der Waals surface area contributed by atoms with Crippen molar-refractivity contribution < 1.29 is 40.3 Å². The molecule has 2 aromatic carbocycles. The number of rotatable bonds is 5. The van der Waals surface area contributed by atoms with Gasteiger partial charge in [0.2, 0.25) is 0 Å². The molecule has 3 nitrogen and oxygen atoms in total. The molecule has 210 valence electrons. The number of hydrogen-bond donors (Lipinski definition) is 0. The zero-order valence-electron chi connectivity index (χ0n) is 21.2. The normalized spacial score (nSPS) is 26.5. The quantitative estimate of drug-likeness (QED) is 0.350. The number of carbonyl (C=O) groups excluding carboxylic acids is 1. The SMILES string of the molecule is C[C@@H](O[C@H]1CC[C@@H]2C(c3ccc(F)cc3)N(C3=CC(=O)CC3)C[C@@H]2C1)c1cc(C(F)(F)F)cc(C(F)(F)F)c1. The summed E-state index contributed by atoms with van der Waals surface area (Å²) in [6, 6.07) is 7.84. The molecule has 0 spiro atoms. The van der Waals surface area contributed by atoms with Gasteiger partial charge in [-0.15, -0.1) is 0 Å². The summed E-state index contributed by atoms with van der Waals surface area (Å²) in [5, 5.41) is 0. The third kappa shape index (κ3) is 5.85. The van der Waals surface area contributed by atoms with Crippen molar-refractivity contribution in [1.29, 1.82) is 0 Å². The molecule has 1 aliphatic heterocycles. The number of nitrogens with zero attached hydrogens (tertiary/aromatic N) is 1. The molecule has 2 aliphatic carbocycles. The maximum atomic E-state index is 13.6. The van der Waals surface area contributed by atoms with E-state index >= 15 is 0 Å². The zero-order chi connectivity index (χ0) is 28.1. The van der Waals surface area contributed by atoms with Crippen LogP contribution in [0.5, 0.6) is 0 Å². The number of hydrogen-bond acceptors (Lipinski definition) is 3. The molecule has 10 heteroatoms. The summed E-state index contributed by atoms with van der Waals surface area (Å²) in [7, 11) is 0. The van der Waals surface area contributed by atoms with Crippen LogP contribution in [0.25, 0.3) is 0 Å². The van der Waals surface area contributed by atoms with Gasteiger partial charge in [-0.3, -0.25) is 4.79 Å². The summed E-state index contributed by atoms with van der Waals surface area (Å²) in [5.41, 5.74) is -1.01. The molecule has 2 fully saturated rings. The maximum absolute atomic E-state index is 13.6. The lowest BCUT2D eigenvalue weighted by Crippen LogP contribution is -2.30. The van der Waals surface area contributed by atoms with E-state index in [2.05, 4.69) is 4.90 Å². The summed E-state index contributed by atoms with van der Waals surface area (Å²) in [6.45, 7) is 2.11. The number of benzene rings is 2. The Balaban J connectivity index is 1.35. The molecular weight excluding hydrogens is 527 g/mol. The highest BCUT2D eigenvalue weighted by atomic mass is 19.4. The zero-order valence-corrected chi connectivity index (χ0v) is 21.2. The Morgan fingerprint density at radius 2 is 1.56 bits per heavy atom. The van der Waals surface area contributed by atoms with E-state index in [1.54, 1.807) is 18.2 Å². The molecule has 1 saturated carbocycles. The number of halogens is 7. The summed E-state index contributed by atoms with van der Waals surface area (Å²) in [5.74, 6) is 0.0408. The molecule has 0 bridgehead atoms. The molecule has 0 N–H and O–H groups in total. The predicted molar refractivity (Wildman–Crippen MR) is 129 cm³/mol. The average Bonchev–Trinajstić information content (AvgIpc) is 3.46. The van der Waals surface area contributed by atoms with Gasteiger partial charge in [0.25, 0.3) is 0 Å². The van der Waals surface area contributed by atoms with E-state index in [0.717, 1.165) is 29.8 Å². The first-order chi connectivity index (χ1) is 18.3. The highest BCUT2D eigenvalue weighted by molar-refractivity contribution is 5.92. The van der Waals surface area contributed by atoms with E-state index in [1.807, 2.05) is 0 Å². The third-order valence-electron chi connectivity index (χ3n) is 8.18. The summed E-state index contributed by atoms with van der Waals surface area (Å²) >= 11 is 0. The molecule has 3 aliphatic rings. The molecule has 1 unspecified atom stereocenters. The average molecular weight is 556 g/mol. The first-order valence-corrected chi connectivity index (χ1v) is 13.0. The smallest absolute Gasteiger partial charge is 0.371 e. The Morgan fingerprint density at radius 3 is 2.13 bits per heavy atom. The fourth-order valence-corrected chi connectivity index (χ4v) is 6.36. The largest absolute Gasteiger partial charge is 0.416 e. The van der Waals surface area contributed by atoms with Crippen molar-refractivity contribution in [3.63, 3.8) is 0 Å². The van der Waals surface area contributed by atoms with Gasteiger partial charge < -0.3 is 9.64 Å². The van der Waals surface area contributed by atoms with E-state index in [-0.39, 0.29) is 47.2 Å². The fourth-order valence-electron chi connectivity index (χ4n) is 6.36. The Bertz CT molecular complexity index is 1220. The minimum Gasteiger partial charge on any atom is -0.371 e. The highest BCUT2D eigenvalue weighted by Crippen LogP contribution is 2.51. The van der Waals surface area contributed by atoms with E-state index in [1.165, 1.54) is 19.1 Å². The van der Waals surface area contributed by atoms with Crippen molar-refractivity contribution in [2.24, 2.45) is 11.8 Å². The van der Waals surface area contributed by atoms with Crippen molar-refractivity contribution >= 4 is 5.78 Å². The maximum Gasteiger partial charge on any atom is 0.416 e. The van der Waals surface area contributed by atoms with Gasteiger partial charge in [0.1, 0.15) is 5.82 Å². The lowest BCUT2D eigenvalue weighted by Gasteiger charge is -2.36. The minimum atomic E-state index is -4.92. The van der Waals surface area contributed by atoms with E-state index in [9.17, 15) is 35.5 Å². The molecule has 5 rings (SSSR count). The molecule has 39 heavy (non-hydrogen) atoms. The summed E-state index contributed by atoms with van der Waals surface area (Å²) in [4.78, 5) is 14.2. The van der Waals surface area contributed by atoms with Gasteiger partial charge in [0.05, 0.1) is 29.4 Å². The molecule has 1 saturated heterocycles. The Kier molecular flexibility index (Phi) is 7.28. The van der Waals surface area contributed by atoms with Crippen molar-refractivity contribution in [2.75, 3.05) is 6.54 Å². The van der Waals surface area contributed by atoms with Crippen LogP contribution in [0.15, 0.2) is 54.2 Å². The second-order valence-electron chi connectivity index (χ2n) is 10.7.